The van der Waals surface area contributed by atoms with Crippen molar-refractivity contribution in [2.45, 2.75) is 6.54 Å². The zero-order valence-corrected chi connectivity index (χ0v) is 14.9. The molecular formula is C16H19N5O3S. The average molecular weight is 361 g/mol. The number of aromatic nitrogens is 2. The topological polar surface area (TPSA) is 87.0 Å². The number of carbonyl (C=O) groups excluding carboxylic acids is 3. The van der Waals surface area contributed by atoms with Crippen molar-refractivity contribution < 1.29 is 14.4 Å². The fourth-order valence-electron chi connectivity index (χ4n) is 2.64. The first-order valence-corrected chi connectivity index (χ1v) is 8.82. The van der Waals surface area contributed by atoms with Gasteiger partial charge in [0.15, 0.2) is 5.69 Å². The third-order valence-corrected chi connectivity index (χ3v) is 4.63. The van der Waals surface area contributed by atoms with Crippen LogP contribution in [0.4, 0.5) is 4.79 Å². The van der Waals surface area contributed by atoms with E-state index in [2.05, 4.69) is 10.3 Å². The molecule has 0 atom stereocenters. The van der Waals surface area contributed by atoms with Gasteiger partial charge in [0.05, 0.1) is 11.4 Å². The summed E-state index contributed by atoms with van der Waals surface area (Å²) in [5.41, 5.74) is 1.85. The summed E-state index contributed by atoms with van der Waals surface area (Å²) in [5.74, 6) is -0.357. The number of nitrogens with one attached hydrogen (secondary N) is 1. The molecule has 1 aliphatic heterocycles. The van der Waals surface area contributed by atoms with Crippen LogP contribution in [0.25, 0.3) is 5.65 Å². The smallest absolute Gasteiger partial charge is 0.288 e. The van der Waals surface area contributed by atoms with Gasteiger partial charge in [-0.1, -0.05) is 17.8 Å². The van der Waals surface area contributed by atoms with Gasteiger partial charge in [-0.15, -0.1) is 0 Å². The zero-order chi connectivity index (χ0) is 18.0. The molecule has 0 aliphatic carbocycles. The van der Waals surface area contributed by atoms with Crippen molar-refractivity contribution in [3.63, 3.8) is 0 Å². The van der Waals surface area contributed by atoms with Gasteiger partial charge in [0.1, 0.15) is 5.65 Å². The lowest BCUT2D eigenvalue weighted by Crippen LogP contribution is -2.37. The van der Waals surface area contributed by atoms with E-state index in [4.69, 9.17) is 0 Å². The number of hydrogen-bond acceptors (Lipinski definition) is 6. The Bertz CT molecular complexity index is 816. The molecule has 0 aromatic carbocycles. The van der Waals surface area contributed by atoms with Gasteiger partial charge in [0, 0.05) is 25.8 Å². The van der Waals surface area contributed by atoms with Gasteiger partial charge < -0.3 is 14.6 Å². The van der Waals surface area contributed by atoms with Crippen molar-refractivity contribution >= 4 is 34.5 Å². The highest BCUT2D eigenvalue weighted by Crippen LogP contribution is 2.18. The van der Waals surface area contributed by atoms with Crippen molar-refractivity contribution in [2.75, 3.05) is 32.9 Å². The van der Waals surface area contributed by atoms with Crippen LogP contribution in [0, 0.1) is 0 Å². The SMILES string of the molecule is CN(C)Cc1c(C(=O)NCCN2C(=O)CSC2=O)nc2ccccn12. The molecule has 25 heavy (non-hydrogen) atoms. The largest absolute Gasteiger partial charge is 0.349 e. The summed E-state index contributed by atoms with van der Waals surface area (Å²) in [5, 5.41) is 2.49. The summed E-state index contributed by atoms with van der Waals surface area (Å²) in [6, 6.07) is 5.60. The minimum Gasteiger partial charge on any atom is -0.349 e. The molecule has 0 radical (unpaired) electrons. The molecule has 3 heterocycles. The van der Waals surface area contributed by atoms with Crippen LogP contribution in [0.3, 0.4) is 0 Å². The molecular weight excluding hydrogens is 342 g/mol. The molecule has 2 aromatic rings. The first kappa shape index (κ1) is 17.4. The summed E-state index contributed by atoms with van der Waals surface area (Å²) in [7, 11) is 3.85. The van der Waals surface area contributed by atoms with Crippen LogP contribution < -0.4 is 5.32 Å². The van der Waals surface area contributed by atoms with E-state index >= 15 is 0 Å². The first-order valence-electron chi connectivity index (χ1n) is 7.83. The van der Waals surface area contributed by atoms with Crippen molar-refractivity contribution in [1.82, 2.24) is 24.5 Å². The van der Waals surface area contributed by atoms with E-state index in [-0.39, 0.29) is 35.9 Å². The second kappa shape index (κ2) is 7.24. The minimum absolute atomic E-state index is 0.173. The maximum absolute atomic E-state index is 12.6. The summed E-state index contributed by atoms with van der Waals surface area (Å²) in [6.07, 6.45) is 1.87. The molecule has 3 rings (SSSR count). The molecule has 0 bridgehead atoms. The van der Waals surface area contributed by atoms with Crippen LogP contribution in [-0.4, -0.2) is 69.2 Å². The molecule has 132 valence electrons. The lowest BCUT2D eigenvalue weighted by Gasteiger charge is -2.14. The maximum atomic E-state index is 12.6. The van der Waals surface area contributed by atoms with Crippen LogP contribution in [0.2, 0.25) is 0 Å². The van der Waals surface area contributed by atoms with Crippen molar-refractivity contribution in [3.8, 4) is 0 Å². The lowest BCUT2D eigenvalue weighted by molar-refractivity contribution is -0.124. The number of carbonyl (C=O) groups is 3. The van der Waals surface area contributed by atoms with E-state index in [1.54, 1.807) is 0 Å². The Labute approximate surface area is 149 Å². The number of pyridine rings is 1. The number of rotatable bonds is 6. The van der Waals surface area contributed by atoms with Crippen LogP contribution in [-0.2, 0) is 11.3 Å². The molecule has 0 unspecified atom stereocenters. The second-order valence-electron chi connectivity index (χ2n) is 5.93. The molecule has 2 aromatic heterocycles. The summed E-state index contributed by atoms with van der Waals surface area (Å²) in [6.45, 7) is 0.937. The van der Waals surface area contributed by atoms with Crippen molar-refractivity contribution in [1.29, 1.82) is 0 Å². The van der Waals surface area contributed by atoms with E-state index < -0.39 is 0 Å². The Hall–Kier alpha value is -2.39. The monoisotopic (exact) mass is 361 g/mol. The van der Waals surface area contributed by atoms with E-state index in [1.807, 2.05) is 47.8 Å². The predicted molar refractivity (Wildman–Crippen MR) is 94.5 cm³/mol. The van der Waals surface area contributed by atoms with Crippen LogP contribution in [0.1, 0.15) is 16.2 Å². The maximum Gasteiger partial charge on any atom is 0.288 e. The van der Waals surface area contributed by atoms with E-state index in [1.165, 1.54) is 0 Å². The fourth-order valence-corrected chi connectivity index (χ4v) is 3.39. The third-order valence-electron chi connectivity index (χ3n) is 3.77. The molecule has 1 N–H and O–H groups in total. The highest BCUT2D eigenvalue weighted by Gasteiger charge is 2.29. The number of amides is 3. The number of nitrogens with zero attached hydrogens (tertiary/aromatic N) is 4. The Morgan fingerprint density at radius 1 is 1.36 bits per heavy atom. The van der Waals surface area contributed by atoms with Crippen molar-refractivity contribution in [2.24, 2.45) is 0 Å². The quantitative estimate of drug-likeness (QED) is 0.820. The van der Waals surface area contributed by atoms with Crippen molar-refractivity contribution in [3.05, 3.63) is 35.8 Å². The fraction of sp³-hybridized carbons (Fsp3) is 0.375. The average Bonchev–Trinajstić information content (AvgIpc) is 3.09. The molecule has 8 nitrogen and oxygen atoms in total. The highest BCUT2D eigenvalue weighted by atomic mass is 32.2. The van der Waals surface area contributed by atoms with Gasteiger partial charge in [0.2, 0.25) is 5.91 Å². The normalized spacial score (nSPS) is 14.8. The van der Waals surface area contributed by atoms with Crippen LogP contribution >= 0.6 is 11.8 Å². The van der Waals surface area contributed by atoms with E-state index in [9.17, 15) is 14.4 Å². The Morgan fingerprint density at radius 3 is 2.84 bits per heavy atom. The van der Waals surface area contributed by atoms with Gasteiger partial charge in [-0.05, 0) is 26.2 Å². The molecule has 0 saturated carbocycles. The predicted octanol–water partition coefficient (Wildman–Crippen LogP) is 0.821. The Kier molecular flexibility index (Phi) is 5.05. The lowest BCUT2D eigenvalue weighted by atomic mass is 10.3. The Morgan fingerprint density at radius 2 is 2.16 bits per heavy atom. The first-order chi connectivity index (χ1) is 12.0. The molecule has 3 amide bonds. The number of imide groups is 1. The number of fused-ring (bicyclic) bond motifs is 1. The molecule has 0 spiro atoms. The second-order valence-corrected chi connectivity index (χ2v) is 6.86. The number of thioether (sulfide) groups is 1. The molecule has 1 aliphatic rings. The Balaban J connectivity index is 1.73. The highest BCUT2D eigenvalue weighted by molar-refractivity contribution is 8.14. The van der Waals surface area contributed by atoms with E-state index in [0.29, 0.717) is 17.9 Å². The molecule has 9 heteroatoms. The molecule has 1 fully saturated rings. The van der Waals surface area contributed by atoms with Crippen LogP contribution in [0.5, 0.6) is 0 Å². The molecule has 1 saturated heterocycles. The number of imidazole rings is 1. The van der Waals surface area contributed by atoms with Gasteiger partial charge in [-0.25, -0.2) is 4.98 Å². The van der Waals surface area contributed by atoms with Gasteiger partial charge in [0.25, 0.3) is 11.1 Å². The standard InChI is InChI=1S/C16H19N5O3S/c1-19(2)9-11-14(18-12-5-3-4-7-20(11)12)15(23)17-6-8-21-13(22)10-25-16(21)24/h3-5,7H,6,8-10H2,1-2H3,(H,17,23). The van der Waals surface area contributed by atoms with Gasteiger partial charge in [-0.2, -0.15) is 0 Å². The van der Waals surface area contributed by atoms with Gasteiger partial charge in [-0.3, -0.25) is 19.3 Å². The summed E-state index contributed by atoms with van der Waals surface area (Å²) < 4.78 is 1.89. The summed E-state index contributed by atoms with van der Waals surface area (Å²) in [4.78, 5) is 43.2. The number of hydrogen-bond donors (Lipinski definition) is 1. The van der Waals surface area contributed by atoms with Gasteiger partial charge >= 0.3 is 0 Å². The summed E-state index contributed by atoms with van der Waals surface area (Å²) >= 11 is 0.984. The van der Waals surface area contributed by atoms with E-state index in [0.717, 1.165) is 22.4 Å². The third kappa shape index (κ3) is 3.67. The minimum atomic E-state index is -0.313. The van der Waals surface area contributed by atoms with Crippen LogP contribution in [0.15, 0.2) is 24.4 Å². The zero-order valence-electron chi connectivity index (χ0n) is 14.1.